The molecule has 442 valence electrons. The Bertz CT molecular complexity index is 2120. The number of primary amides is 2. The van der Waals surface area contributed by atoms with E-state index in [1.54, 1.807) is 55.4 Å². The molecule has 20 N–H and O–H groups in total. The van der Waals surface area contributed by atoms with Gasteiger partial charge in [-0.1, -0.05) is 55.4 Å². The van der Waals surface area contributed by atoms with E-state index in [1.807, 2.05) is 0 Å². The van der Waals surface area contributed by atoms with Crippen LogP contribution in [-0.2, 0) is 52.7 Å². The molecule has 10 atom stereocenters. The van der Waals surface area contributed by atoms with Crippen LogP contribution in [0.5, 0.6) is 0 Å². The molecule has 1 fully saturated rings. The van der Waals surface area contributed by atoms with Gasteiger partial charge in [0, 0.05) is 19.5 Å². The number of guanidine groups is 1. The van der Waals surface area contributed by atoms with E-state index in [4.69, 9.17) is 22.9 Å². The number of nitrogens with zero attached hydrogens (tertiary/aromatic N) is 1. The molecule has 1 heterocycles. The first kappa shape index (κ1) is 68.7. The van der Waals surface area contributed by atoms with Crippen molar-refractivity contribution in [3.63, 3.8) is 0 Å². The number of nitrogens with two attached hydrogens (primary N) is 4. The van der Waals surface area contributed by atoms with Gasteiger partial charge in [-0.2, -0.15) is 0 Å². The second kappa shape index (κ2) is 34.4. The van der Waals surface area contributed by atoms with E-state index < -0.39 is 151 Å². The fourth-order valence-corrected chi connectivity index (χ4v) is 8.14. The van der Waals surface area contributed by atoms with Crippen molar-refractivity contribution in [3.05, 3.63) is 0 Å². The number of carbonyl (C=O) groups is 12. The first-order chi connectivity index (χ1) is 36.3. The van der Waals surface area contributed by atoms with Gasteiger partial charge in [-0.25, -0.2) is 4.79 Å². The Morgan fingerprint density at radius 3 is 1.14 bits per heavy atom. The number of urea groups is 1. The molecule has 1 rings (SSSR count). The van der Waals surface area contributed by atoms with Gasteiger partial charge in [0.2, 0.25) is 59.1 Å². The van der Waals surface area contributed by atoms with Crippen molar-refractivity contribution < 1.29 is 67.7 Å². The Kier molecular flexibility index (Phi) is 30.3. The molecule has 0 aliphatic carbocycles. The van der Waals surface area contributed by atoms with Crippen LogP contribution in [0, 0.1) is 23.7 Å². The van der Waals surface area contributed by atoms with E-state index in [2.05, 4.69) is 58.2 Å². The van der Waals surface area contributed by atoms with Gasteiger partial charge in [-0.3, -0.25) is 57.7 Å². The first-order valence-electron chi connectivity index (χ1n) is 26.3. The van der Waals surface area contributed by atoms with Crippen molar-refractivity contribution in [2.24, 2.45) is 51.6 Å². The number of nitrogens with one attached hydrogen (secondary N) is 10. The molecule has 1 saturated heterocycles. The van der Waals surface area contributed by atoms with Crippen molar-refractivity contribution in [2.75, 3.05) is 13.1 Å². The summed E-state index contributed by atoms with van der Waals surface area (Å²) in [4.78, 5) is 167. The average molecular weight is 1110 g/mol. The molecule has 0 bridgehead atoms. The molecule has 0 saturated carbocycles. The lowest BCUT2D eigenvalue weighted by atomic mass is 9.99. The lowest BCUT2D eigenvalue weighted by Crippen LogP contribution is -2.62. The summed E-state index contributed by atoms with van der Waals surface area (Å²) in [5, 5.41) is 45.8. The highest BCUT2D eigenvalue weighted by molar-refractivity contribution is 6.00. The molecule has 0 aromatic rings. The smallest absolute Gasteiger partial charge is 0.312 e. The number of carbonyl (C=O) groups excluding carboxylic acids is 11. The van der Waals surface area contributed by atoms with Crippen LogP contribution in [0.3, 0.4) is 0 Å². The quantitative estimate of drug-likeness (QED) is 0.0281. The SMILES string of the molecule is CC(C)C[C@@H]1NC(=O)[C@H](CCCNC(N)=O)NC(=O)[C@H](CC(C)C)NC(=O)[C@H](CCCN=C(N)N)NC(=O)[C@H](CC(C)C)NC(=O)[C@H]([C@@H](C)O)NC(=O)[C@H](CC(C)C)NC(=O)[C@H](CCC(N)=O)NC(=O)[C@H](CC(=O)O)NC1=O. The molecule has 1 aliphatic rings. The summed E-state index contributed by atoms with van der Waals surface area (Å²) in [5.74, 6) is -13.0. The predicted molar refractivity (Wildman–Crippen MR) is 284 cm³/mol. The van der Waals surface area contributed by atoms with Gasteiger partial charge in [0.1, 0.15) is 54.4 Å². The molecule has 0 unspecified atom stereocenters. The molecular weight excluding hydrogens is 1020 g/mol. The third kappa shape index (κ3) is 27.1. The number of amides is 12. The molecule has 29 heteroatoms. The van der Waals surface area contributed by atoms with Gasteiger partial charge in [0.15, 0.2) is 5.96 Å². The third-order valence-electron chi connectivity index (χ3n) is 11.9. The molecule has 0 aromatic heterocycles. The fraction of sp³-hybridized carbons (Fsp3) is 0.735. The molecule has 12 amide bonds. The van der Waals surface area contributed by atoms with Crippen LogP contribution in [0.15, 0.2) is 4.99 Å². The summed E-state index contributed by atoms with van der Waals surface area (Å²) in [5.41, 5.74) is 21.7. The van der Waals surface area contributed by atoms with Gasteiger partial charge >= 0.3 is 12.0 Å². The van der Waals surface area contributed by atoms with E-state index in [0.717, 1.165) is 0 Å². The summed E-state index contributed by atoms with van der Waals surface area (Å²) in [6.07, 6.45) is -4.09. The second-order valence-electron chi connectivity index (χ2n) is 21.2. The maximum Gasteiger partial charge on any atom is 0.312 e. The Morgan fingerprint density at radius 2 is 0.795 bits per heavy atom. The van der Waals surface area contributed by atoms with Crippen LogP contribution in [0.2, 0.25) is 0 Å². The Hall–Kier alpha value is -7.33. The maximum absolute atomic E-state index is 14.4. The van der Waals surface area contributed by atoms with Gasteiger partial charge in [-0.05, 0) is 88.4 Å². The lowest BCUT2D eigenvalue weighted by Gasteiger charge is -2.29. The second-order valence-corrected chi connectivity index (χ2v) is 21.2. The number of aliphatic carboxylic acids is 1. The van der Waals surface area contributed by atoms with E-state index in [-0.39, 0.29) is 94.1 Å². The van der Waals surface area contributed by atoms with Crippen LogP contribution >= 0.6 is 0 Å². The van der Waals surface area contributed by atoms with Crippen molar-refractivity contribution in [3.8, 4) is 0 Å². The molecule has 0 spiro atoms. The fourth-order valence-electron chi connectivity index (χ4n) is 8.14. The van der Waals surface area contributed by atoms with Gasteiger partial charge in [-0.15, -0.1) is 0 Å². The van der Waals surface area contributed by atoms with E-state index in [0.29, 0.717) is 0 Å². The number of hydrogen-bond acceptors (Lipinski definition) is 14. The number of hydrogen-bond donors (Lipinski definition) is 16. The minimum atomic E-state index is -1.93. The third-order valence-corrected chi connectivity index (χ3v) is 11.9. The van der Waals surface area contributed by atoms with Crippen LogP contribution in [0.1, 0.15) is 133 Å². The van der Waals surface area contributed by atoms with Crippen LogP contribution < -0.4 is 76.1 Å². The van der Waals surface area contributed by atoms with Crippen LogP contribution in [0.4, 0.5) is 4.79 Å². The zero-order valence-corrected chi connectivity index (χ0v) is 46.3. The molecular formula is C49H87N15O14. The Morgan fingerprint density at radius 1 is 0.474 bits per heavy atom. The van der Waals surface area contributed by atoms with Gasteiger partial charge < -0.3 is 86.3 Å². The number of aliphatic hydroxyl groups excluding tert-OH is 1. The number of carboxylic acids is 1. The monoisotopic (exact) mass is 1110 g/mol. The van der Waals surface area contributed by atoms with E-state index >= 15 is 0 Å². The first-order valence-corrected chi connectivity index (χ1v) is 26.3. The summed E-state index contributed by atoms with van der Waals surface area (Å²) in [6.45, 7) is 14.9. The largest absolute Gasteiger partial charge is 0.481 e. The van der Waals surface area contributed by atoms with Crippen LogP contribution in [0.25, 0.3) is 0 Å². The van der Waals surface area contributed by atoms with Crippen molar-refractivity contribution >= 4 is 77.0 Å². The predicted octanol–water partition coefficient (Wildman–Crippen LogP) is -3.83. The summed E-state index contributed by atoms with van der Waals surface area (Å²) >= 11 is 0. The zero-order chi connectivity index (χ0) is 59.6. The summed E-state index contributed by atoms with van der Waals surface area (Å²) < 4.78 is 0. The summed E-state index contributed by atoms with van der Waals surface area (Å²) in [6, 6.07) is -14.9. The summed E-state index contributed by atoms with van der Waals surface area (Å²) in [7, 11) is 0. The van der Waals surface area contributed by atoms with Crippen molar-refractivity contribution in [1.82, 2.24) is 53.2 Å². The minimum absolute atomic E-state index is 0.0103. The van der Waals surface area contributed by atoms with E-state index in [9.17, 15) is 67.7 Å². The van der Waals surface area contributed by atoms with Gasteiger partial charge in [0.25, 0.3) is 0 Å². The number of aliphatic hydroxyl groups is 1. The number of rotatable bonds is 22. The van der Waals surface area contributed by atoms with E-state index in [1.165, 1.54) is 6.92 Å². The standard InChI is InChI=1S/C49H87N15O14/c1-23(2)18-31-42(72)56-29(13-11-17-55-49(53)78)40(70)60-32(19-24(3)4)44(74)62-35(22-37(67)68)45(75)58-30(14-15-36(50)66)41(71)61-34(21-26(7)8)46(76)64-38(27(9)65)47(77)63-33(20-25(5)6)43(73)57-28(39(69)59-31)12-10-16-54-48(51)52/h23-35,38,65H,10-22H2,1-9H3,(H2,50,66)(H,56,72)(H,57,73)(H,58,75)(H,59,69)(H,60,70)(H,61,71)(H,62,74)(H,63,77)(H,64,76)(H,67,68)(H4,51,52,54)(H3,53,55,78)/t27-,28+,29+,30+,31+,32+,33+,34+,35+,38+/m1/s1. The van der Waals surface area contributed by atoms with Crippen molar-refractivity contribution in [2.45, 2.75) is 193 Å². The highest BCUT2D eigenvalue weighted by atomic mass is 16.4. The van der Waals surface area contributed by atoms with Crippen molar-refractivity contribution in [1.29, 1.82) is 0 Å². The molecule has 0 aromatic carbocycles. The zero-order valence-electron chi connectivity index (χ0n) is 46.3. The normalized spacial score (nSPS) is 24.5. The highest BCUT2D eigenvalue weighted by Crippen LogP contribution is 2.14. The highest BCUT2D eigenvalue weighted by Gasteiger charge is 2.38. The maximum atomic E-state index is 14.4. The lowest BCUT2D eigenvalue weighted by molar-refractivity contribution is -0.141. The number of aliphatic imine (C=N–C) groups is 1. The molecule has 0 radical (unpaired) electrons. The Balaban J connectivity index is 4.25. The number of carboxylic acid groups (broad SMARTS) is 1. The van der Waals surface area contributed by atoms with Gasteiger partial charge in [0.05, 0.1) is 12.5 Å². The molecule has 1 aliphatic heterocycles. The molecule has 78 heavy (non-hydrogen) atoms. The van der Waals surface area contributed by atoms with Crippen LogP contribution in [-0.4, -0.2) is 161 Å². The minimum Gasteiger partial charge on any atom is -0.481 e. The average Bonchev–Trinajstić information content (AvgIpc) is 3.30. The Labute approximate surface area is 455 Å². The molecule has 29 nitrogen and oxygen atoms in total. The topological polar surface area (TPSA) is 482 Å².